The predicted molar refractivity (Wildman–Crippen MR) is 77.2 cm³/mol. The fourth-order valence-corrected chi connectivity index (χ4v) is 1.10. The van der Waals surface area contributed by atoms with Crippen LogP contribution in [0, 0.1) is 0 Å². The van der Waals surface area contributed by atoms with Crippen molar-refractivity contribution in [1.29, 1.82) is 0 Å². The van der Waals surface area contributed by atoms with Crippen molar-refractivity contribution in [3.05, 3.63) is 23.3 Å². The number of hydrogen-bond donors (Lipinski definition) is 2. The van der Waals surface area contributed by atoms with Gasteiger partial charge in [-0.15, -0.1) is 0 Å². The summed E-state index contributed by atoms with van der Waals surface area (Å²) < 4.78 is 0. The highest BCUT2D eigenvalue weighted by Crippen LogP contribution is 2.05. The summed E-state index contributed by atoms with van der Waals surface area (Å²) in [5.74, 6) is -1.65. The van der Waals surface area contributed by atoms with Gasteiger partial charge in [-0.2, -0.15) is 0 Å². The number of carboxylic acid groups (broad SMARTS) is 2. The highest BCUT2D eigenvalue weighted by atomic mass is 16.4. The maximum Gasteiger partial charge on any atom is 0.330 e. The van der Waals surface area contributed by atoms with E-state index in [9.17, 15) is 9.59 Å². The molecule has 0 unspecified atom stereocenters. The maximum atomic E-state index is 10.4. The van der Waals surface area contributed by atoms with Crippen molar-refractivity contribution in [2.24, 2.45) is 0 Å². The fourth-order valence-electron chi connectivity index (χ4n) is 1.10. The first-order chi connectivity index (χ1) is 8.86. The van der Waals surface area contributed by atoms with Crippen LogP contribution in [0.1, 0.15) is 59.8 Å². The zero-order valence-electron chi connectivity index (χ0n) is 12.4. The smallest absolute Gasteiger partial charge is 0.330 e. The molecule has 0 atom stereocenters. The molecule has 0 saturated carbocycles. The summed E-state index contributed by atoms with van der Waals surface area (Å²) in [6, 6.07) is 0. The van der Waals surface area contributed by atoms with Crippen LogP contribution in [0.5, 0.6) is 0 Å². The molecule has 0 aliphatic heterocycles. The molecule has 0 radical (unpaired) electrons. The lowest BCUT2D eigenvalue weighted by atomic mass is 10.1. The summed E-state index contributed by atoms with van der Waals surface area (Å²) in [6.45, 7) is 7.06. The van der Waals surface area contributed by atoms with Gasteiger partial charge >= 0.3 is 11.9 Å². The largest absolute Gasteiger partial charge is 0.478 e. The van der Waals surface area contributed by atoms with Crippen LogP contribution in [0.4, 0.5) is 0 Å². The van der Waals surface area contributed by atoms with Crippen molar-refractivity contribution in [2.75, 3.05) is 0 Å². The quantitative estimate of drug-likeness (QED) is 0.541. The Labute approximate surface area is 115 Å². The van der Waals surface area contributed by atoms with E-state index in [1.165, 1.54) is 19.3 Å². The molecule has 0 bridgehead atoms. The molecule has 110 valence electrons. The number of hydrogen-bond acceptors (Lipinski definition) is 2. The van der Waals surface area contributed by atoms with Crippen LogP contribution in [0.15, 0.2) is 23.3 Å². The Morgan fingerprint density at radius 2 is 1.47 bits per heavy atom. The van der Waals surface area contributed by atoms with Gasteiger partial charge in [-0.3, -0.25) is 0 Å². The van der Waals surface area contributed by atoms with E-state index < -0.39 is 11.9 Å². The molecule has 19 heavy (non-hydrogen) atoms. The average molecular weight is 270 g/mol. The number of rotatable bonds is 7. The van der Waals surface area contributed by atoms with Gasteiger partial charge in [-0.1, -0.05) is 38.3 Å². The van der Waals surface area contributed by atoms with Crippen LogP contribution in [-0.2, 0) is 9.59 Å². The number of carbonyl (C=O) groups is 2. The lowest BCUT2D eigenvalue weighted by Crippen LogP contribution is -1.95. The Kier molecular flexibility index (Phi) is 13.4. The van der Waals surface area contributed by atoms with Gasteiger partial charge in [0, 0.05) is 11.1 Å². The third-order valence-electron chi connectivity index (χ3n) is 2.62. The van der Waals surface area contributed by atoms with Gasteiger partial charge in [-0.05, 0) is 33.6 Å². The molecular formula is C15H26O4. The van der Waals surface area contributed by atoms with Crippen LogP contribution in [0.2, 0.25) is 0 Å². The van der Waals surface area contributed by atoms with Gasteiger partial charge in [0.2, 0.25) is 0 Å². The van der Waals surface area contributed by atoms with E-state index in [0.29, 0.717) is 11.1 Å². The second-order valence-corrected chi connectivity index (χ2v) is 4.32. The standard InChI is InChI=1S/C10H18O2.C5H8O2/c1-3-4-5-6-7-8-9(2)10(11)12;1-3-4(2)5(6)7/h8H,3-7H2,1-2H3,(H,11,12);3H,1-2H3,(H,6,7). The zero-order valence-corrected chi connectivity index (χ0v) is 12.4. The first-order valence-corrected chi connectivity index (χ1v) is 6.63. The third kappa shape index (κ3) is 14.4. The van der Waals surface area contributed by atoms with E-state index in [1.807, 2.05) is 0 Å². The summed E-state index contributed by atoms with van der Waals surface area (Å²) in [6.07, 6.45) is 9.05. The molecule has 0 aromatic heterocycles. The first-order valence-electron chi connectivity index (χ1n) is 6.63. The van der Waals surface area contributed by atoms with Crippen molar-refractivity contribution in [2.45, 2.75) is 59.8 Å². The number of unbranched alkanes of at least 4 members (excludes halogenated alkanes) is 4. The van der Waals surface area contributed by atoms with Gasteiger partial charge in [0.15, 0.2) is 0 Å². The Bertz CT molecular complexity index is 327. The highest BCUT2D eigenvalue weighted by Gasteiger charge is 1.97. The van der Waals surface area contributed by atoms with Gasteiger partial charge in [0.1, 0.15) is 0 Å². The minimum atomic E-state index is -0.845. The zero-order chi connectivity index (χ0) is 15.3. The van der Waals surface area contributed by atoms with Crippen LogP contribution in [0.25, 0.3) is 0 Å². The molecule has 0 aromatic carbocycles. The van der Waals surface area contributed by atoms with E-state index in [2.05, 4.69) is 6.92 Å². The Balaban J connectivity index is 0. The van der Waals surface area contributed by atoms with Crippen molar-refractivity contribution in [3.8, 4) is 0 Å². The summed E-state index contributed by atoms with van der Waals surface area (Å²) in [5.41, 5.74) is 0.853. The third-order valence-corrected chi connectivity index (χ3v) is 2.62. The monoisotopic (exact) mass is 270 g/mol. The summed E-state index contributed by atoms with van der Waals surface area (Å²) in [5, 5.41) is 16.6. The Morgan fingerprint density at radius 1 is 0.947 bits per heavy atom. The predicted octanol–water partition coefficient (Wildman–Crippen LogP) is 4.02. The lowest BCUT2D eigenvalue weighted by Gasteiger charge is -1.95. The van der Waals surface area contributed by atoms with Crippen molar-refractivity contribution in [3.63, 3.8) is 0 Å². The summed E-state index contributed by atoms with van der Waals surface area (Å²) >= 11 is 0. The van der Waals surface area contributed by atoms with E-state index in [4.69, 9.17) is 10.2 Å². The normalized spacial score (nSPS) is 11.6. The molecule has 0 aliphatic carbocycles. The summed E-state index contributed by atoms with van der Waals surface area (Å²) in [4.78, 5) is 20.2. The molecule has 0 aromatic rings. The molecule has 2 N–H and O–H groups in total. The highest BCUT2D eigenvalue weighted by molar-refractivity contribution is 5.85. The van der Waals surface area contributed by atoms with Gasteiger partial charge in [0.05, 0.1) is 0 Å². The minimum absolute atomic E-state index is 0.389. The van der Waals surface area contributed by atoms with E-state index in [-0.39, 0.29) is 0 Å². The van der Waals surface area contributed by atoms with Crippen LogP contribution in [-0.4, -0.2) is 22.2 Å². The van der Waals surface area contributed by atoms with Crippen LogP contribution >= 0.6 is 0 Å². The Hall–Kier alpha value is -1.58. The van der Waals surface area contributed by atoms with Gasteiger partial charge in [0.25, 0.3) is 0 Å². The van der Waals surface area contributed by atoms with Crippen molar-refractivity contribution >= 4 is 11.9 Å². The average Bonchev–Trinajstić information content (AvgIpc) is 2.37. The molecular weight excluding hydrogens is 244 g/mol. The lowest BCUT2D eigenvalue weighted by molar-refractivity contribution is -0.133. The number of allylic oxidation sites excluding steroid dienone is 2. The maximum absolute atomic E-state index is 10.4. The molecule has 0 fully saturated rings. The topological polar surface area (TPSA) is 74.6 Å². The molecule has 0 rings (SSSR count). The van der Waals surface area contributed by atoms with Gasteiger partial charge in [-0.25, -0.2) is 9.59 Å². The minimum Gasteiger partial charge on any atom is -0.478 e. The first kappa shape index (κ1) is 19.8. The van der Waals surface area contributed by atoms with Crippen molar-refractivity contribution < 1.29 is 19.8 Å². The SMILES string of the molecule is CC=C(C)C(=O)O.CCCCCCC=C(C)C(=O)O. The second-order valence-electron chi connectivity index (χ2n) is 4.32. The van der Waals surface area contributed by atoms with E-state index in [1.54, 1.807) is 32.9 Å². The fraction of sp³-hybridized carbons (Fsp3) is 0.600. The summed E-state index contributed by atoms with van der Waals surface area (Å²) in [7, 11) is 0. The van der Waals surface area contributed by atoms with E-state index >= 15 is 0 Å². The van der Waals surface area contributed by atoms with Crippen LogP contribution < -0.4 is 0 Å². The van der Waals surface area contributed by atoms with Gasteiger partial charge < -0.3 is 10.2 Å². The number of carboxylic acids is 2. The molecule has 0 heterocycles. The molecule has 4 nitrogen and oxygen atoms in total. The Morgan fingerprint density at radius 3 is 1.79 bits per heavy atom. The van der Waals surface area contributed by atoms with Crippen molar-refractivity contribution in [1.82, 2.24) is 0 Å². The van der Waals surface area contributed by atoms with Crippen LogP contribution in [0.3, 0.4) is 0 Å². The molecule has 0 saturated heterocycles. The molecule has 0 spiro atoms. The molecule has 0 aliphatic rings. The molecule has 4 heteroatoms. The number of aliphatic carboxylic acids is 2. The van der Waals surface area contributed by atoms with E-state index in [0.717, 1.165) is 12.8 Å². The second kappa shape index (κ2) is 12.9. The molecule has 0 amide bonds.